The number of amides is 1. The third-order valence-electron chi connectivity index (χ3n) is 6.26. The van der Waals surface area contributed by atoms with Crippen LogP contribution in [0.15, 0.2) is 36.7 Å². The Bertz CT molecular complexity index is 1230. The van der Waals surface area contributed by atoms with Gasteiger partial charge < -0.3 is 15.0 Å². The molecule has 9 heteroatoms. The number of benzene rings is 1. The summed E-state index contributed by atoms with van der Waals surface area (Å²) in [6.45, 7) is 5.53. The van der Waals surface area contributed by atoms with Gasteiger partial charge in [0, 0.05) is 30.4 Å². The third kappa shape index (κ3) is 3.08. The molecule has 0 unspecified atom stereocenters. The summed E-state index contributed by atoms with van der Waals surface area (Å²) in [7, 11) is 0. The molecule has 0 atom stereocenters. The average Bonchev–Trinajstić information content (AvgIpc) is 3.14. The van der Waals surface area contributed by atoms with Crippen molar-refractivity contribution in [1.29, 1.82) is 0 Å². The van der Waals surface area contributed by atoms with Crippen LogP contribution in [0.5, 0.6) is 5.88 Å². The Kier molecular flexibility index (Phi) is 4.34. The van der Waals surface area contributed by atoms with Gasteiger partial charge in [-0.25, -0.2) is 20.0 Å². The molecule has 162 valence electrons. The highest BCUT2D eigenvalue weighted by atomic mass is 16.5. The molecule has 0 saturated carbocycles. The largest absolute Gasteiger partial charge is 0.474 e. The van der Waals surface area contributed by atoms with Crippen LogP contribution in [0.25, 0.3) is 0 Å². The summed E-state index contributed by atoms with van der Waals surface area (Å²) < 4.78 is 5.66. The summed E-state index contributed by atoms with van der Waals surface area (Å²) in [4.78, 5) is 28.7. The minimum absolute atomic E-state index is 0.0611. The van der Waals surface area contributed by atoms with E-state index in [1.165, 1.54) is 0 Å². The summed E-state index contributed by atoms with van der Waals surface area (Å²) in [5.74, 6) is 1.04. The zero-order chi connectivity index (χ0) is 21.7. The monoisotopic (exact) mass is 429 g/mol. The first-order valence-corrected chi connectivity index (χ1v) is 10.8. The maximum atomic E-state index is 12.7. The normalized spacial score (nSPS) is 16.6. The molecule has 9 nitrogen and oxygen atoms in total. The topological polar surface area (TPSA) is 95.5 Å². The van der Waals surface area contributed by atoms with Crippen LogP contribution in [0.1, 0.15) is 32.7 Å². The number of nitrogens with one attached hydrogen (secondary N) is 2. The zero-order valence-electron chi connectivity index (χ0n) is 17.8. The minimum Gasteiger partial charge on any atom is -0.474 e. The molecule has 3 aliphatic rings. The standard InChI is InChI=1S/C23H23N7O2/c1-14-19(11-25-21-20(14)24-7-9-32-21)29-8-6-15-10-26-23(27-18(15)13-29)28-30-12-16-4-2-3-5-17(16)22(30)31/h2-5,10-11,24H,6-9,12-13H2,1H3,(H,26,27,28). The Morgan fingerprint density at radius 2 is 2.03 bits per heavy atom. The van der Waals surface area contributed by atoms with Gasteiger partial charge in [-0.3, -0.25) is 10.2 Å². The van der Waals surface area contributed by atoms with E-state index < -0.39 is 0 Å². The fourth-order valence-electron chi connectivity index (χ4n) is 4.56. The van der Waals surface area contributed by atoms with Crippen LogP contribution in [0.2, 0.25) is 0 Å². The minimum atomic E-state index is -0.0611. The first-order chi connectivity index (χ1) is 15.7. The Hall–Kier alpha value is -3.88. The number of aromatic nitrogens is 3. The lowest BCUT2D eigenvalue weighted by Crippen LogP contribution is -2.34. The lowest BCUT2D eigenvalue weighted by Gasteiger charge is -2.32. The van der Waals surface area contributed by atoms with Gasteiger partial charge in [0.25, 0.3) is 5.91 Å². The zero-order valence-corrected chi connectivity index (χ0v) is 17.8. The maximum absolute atomic E-state index is 12.7. The van der Waals surface area contributed by atoms with E-state index in [1.807, 2.05) is 36.7 Å². The number of hydrogen-bond donors (Lipinski definition) is 2. The van der Waals surface area contributed by atoms with Crippen LogP contribution >= 0.6 is 0 Å². The second kappa shape index (κ2) is 7.37. The van der Waals surface area contributed by atoms with Crippen LogP contribution in [0.4, 0.5) is 17.3 Å². The summed E-state index contributed by atoms with van der Waals surface area (Å²) in [5.41, 5.74) is 10.1. The molecule has 0 radical (unpaired) electrons. The number of carbonyl (C=O) groups excluding carboxylic acids is 1. The second-order valence-corrected chi connectivity index (χ2v) is 8.22. The molecule has 3 aliphatic heterocycles. The maximum Gasteiger partial charge on any atom is 0.272 e. The Morgan fingerprint density at radius 1 is 1.12 bits per heavy atom. The van der Waals surface area contributed by atoms with Crippen molar-refractivity contribution in [2.24, 2.45) is 0 Å². The van der Waals surface area contributed by atoms with Gasteiger partial charge in [0.05, 0.1) is 30.7 Å². The van der Waals surface area contributed by atoms with Crippen LogP contribution in [-0.4, -0.2) is 45.6 Å². The Labute approximate surface area is 185 Å². The lowest BCUT2D eigenvalue weighted by atomic mass is 10.0. The van der Waals surface area contributed by atoms with E-state index >= 15 is 0 Å². The Balaban J connectivity index is 1.23. The van der Waals surface area contributed by atoms with E-state index in [0.717, 1.165) is 58.8 Å². The van der Waals surface area contributed by atoms with Gasteiger partial charge in [-0.05, 0) is 30.5 Å². The lowest BCUT2D eigenvalue weighted by molar-refractivity contribution is 0.0813. The highest BCUT2D eigenvalue weighted by molar-refractivity contribution is 5.98. The van der Waals surface area contributed by atoms with Crippen LogP contribution in [0.3, 0.4) is 0 Å². The van der Waals surface area contributed by atoms with Crippen molar-refractivity contribution in [2.45, 2.75) is 26.4 Å². The predicted octanol–water partition coefficient (Wildman–Crippen LogP) is 2.53. The van der Waals surface area contributed by atoms with Crippen molar-refractivity contribution in [3.63, 3.8) is 0 Å². The van der Waals surface area contributed by atoms with Crippen molar-refractivity contribution < 1.29 is 9.53 Å². The number of carbonyl (C=O) groups is 1. The van der Waals surface area contributed by atoms with Crippen LogP contribution in [0, 0.1) is 6.92 Å². The molecule has 0 bridgehead atoms. The van der Waals surface area contributed by atoms with E-state index in [1.54, 1.807) is 5.01 Å². The van der Waals surface area contributed by atoms with Crippen LogP contribution < -0.4 is 20.4 Å². The summed E-state index contributed by atoms with van der Waals surface area (Å²) in [6, 6.07) is 7.64. The molecular weight excluding hydrogens is 406 g/mol. The fourth-order valence-corrected chi connectivity index (χ4v) is 4.56. The fraction of sp³-hybridized carbons (Fsp3) is 0.304. The molecule has 6 rings (SSSR count). The molecule has 0 aliphatic carbocycles. The number of nitrogens with zero attached hydrogens (tertiary/aromatic N) is 5. The molecule has 0 spiro atoms. The highest BCUT2D eigenvalue weighted by Crippen LogP contribution is 2.36. The van der Waals surface area contributed by atoms with Gasteiger partial charge >= 0.3 is 0 Å². The molecule has 0 saturated heterocycles. The van der Waals surface area contributed by atoms with Gasteiger partial charge in [0.2, 0.25) is 11.8 Å². The number of hydrazine groups is 1. The van der Waals surface area contributed by atoms with Crippen molar-refractivity contribution in [1.82, 2.24) is 20.0 Å². The molecule has 2 aromatic heterocycles. The van der Waals surface area contributed by atoms with Gasteiger partial charge in [-0.1, -0.05) is 18.2 Å². The van der Waals surface area contributed by atoms with Gasteiger partial charge in [-0.15, -0.1) is 0 Å². The van der Waals surface area contributed by atoms with E-state index in [4.69, 9.17) is 9.72 Å². The summed E-state index contributed by atoms with van der Waals surface area (Å²) >= 11 is 0. The van der Waals surface area contributed by atoms with E-state index in [2.05, 4.69) is 32.5 Å². The first-order valence-electron chi connectivity index (χ1n) is 10.8. The van der Waals surface area contributed by atoms with Crippen LogP contribution in [-0.2, 0) is 19.5 Å². The number of pyridine rings is 1. The van der Waals surface area contributed by atoms with Gasteiger partial charge in [0.1, 0.15) is 12.3 Å². The number of rotatable bonds is 3. The molecule has 0 fully saturated rings. The third-order valence-corrected chi connectivity index (χ3v) is 6.26. The quantitative estimate of drug-likeness (QED) is 0.656. The molecule has 1 aromatic carbocycles. The first kappa shape index (κ1) is 18.9. The molecular formula is C23H23N7O2. The number of ether oxygens (including phenoxy) is 1. The summed E-state index contributed by atoms with van der Waals surface area (Å²) in [6.07, 6.45) is 4.60. The van der Waals surface area contributed by atoms with E-state index in [-0.39, 0.29) is 5.91 Å². The molecule has 2 N–H and O–H groups in total. The summed E-state index contributed by atoms with van der Waals surface area (Å²) in [5, 5.41) is 4.97. The highest BCUT2D eigenvalue weighted by Gasteiger charge is 2.28. The average molecular weight is 429 g/mol. The number of fused-ring (bicyclic) bond motifs is 3. The SMILES string of the molecule is Cc1c(N2CCc3cnc(NN4Cc5ccccc5C4=O)nc3C2)cnc2c1NCCO2. The van der Waals surface area contributed by atoms with Crippen molar-refractivity contribution in [3.05, 3.63) is 64.6 Å². The molecule has 32 heavy (non-hydrogen) atoms. The van der Waals surface area contributed by atoms with Gasteiger partial charge in [-0.2, -0.15) is 0 Å². The smallest absolute Gasteiger partial charge is 0.272 e. The van der Waals surface area contributed by atoms with Crippen molar-refractivity contribution in [3.8, 4) is 5.88 Å². The second-order valence-electron chi connectivity index (χ2n) is 8.22. The predicted molar refractivity (Wildman–Crippen MR) is 120 cm³/mol. The van der Waals surface area contributed by atoms with Crippen molar-refractivity contribution in [2.75, 3.05) is 35.3 Å². The van der Waals surface area contributed by atoms with E-state index in [9.17, 15) is 4.79 Å². The molecule has 1 amide bonds. The number of anilines is 3. The molecule has 5 heterocycles. The Morgan fingerprint density at radius 3 is 2.94 bits per heavy atom. The van der Waals surface area contributed by atoms with Gasteiger partial charge in [0.15, 0.2) is 0 Å². The van der Waals surface area contributed by atoms with E-state index in [0.29, 0.717) is 31.5 Å². The van der Waals surface area contributed by atoms with Crippen molar-refractivity contribution >= 4 is 23.2 Å². The molecule has 3 aromatic rings. The number of hydrogen-bond acceptors (Lipinski definition) is 8.